The molecule has 1 heterocycles. The van der Waals surface area contributed by atoms with Gasteiger partial charge >= 0.3 is 0 Å². The van der Waals surface area contributed by atoms with Crippen molar-refractivity contribution in [2.75, 3.05) is 7.05 Å². The highest BCUT2D eigenvalue weighted by molar-refractivity contribution is 5.87. The highest BCUT2D eigenvalue weighted by Crippen LogP contribution is 2.44. The van der Waals surface area contributed by atoms with Gasteiger partial charge in [0.25, 0.3) is 0 Å². The molecule has 21 heavy (non-hydrogen) atoms. The second-order valence-corrected chi connectivity index (χ2v) is 6.11. The van der Waals surface area contributed by atoms with Crippen LogP contribution in [0.2, 0.25) is 0 Å². The second kappa shape index (κ2) is 4.44. The molecule has 1 atom stereocenters. The maximum absolute atomic E-state index is 2.46. The molecule has 0 aliphatic carbocycles. The summed E-state index contributed by atoms with van der Waals surface area (Å²) in [5.74, 6) is 0. The Labute approximate surface area is 125 Å². The van der Waals surface area contributed by atoms with Crippen LogP contribution < -0.4 is 0 Å². The molecule has 0 N–H and O–H groups in total. The summed E-state index contributed by atoms with van der Waals surface area (Å²) in [6, 6.07) is 24.2. The van der Waals surface area contributed by atoms with E-state index in [1.165, 1.54) is 27.5 Å². The molecule has 4 rings (SSSR count). The van der Waals surface area contributed by atoms with Gasteiger partial charge in [-0.2, -0.15) is 0 Å². The predicted molar refractivity (Wildman–Crippen MR) is 88.3 cm³/mol. The van der Waals surface area contributed by atoms with E-state index in [0.29, 0.717) is 0 Å². The molecule has 0 radical (unpaired) electrons. The molecule has 1 heteroatoms. The van der Waals surface area contributed by atoms with Gasteiger partial charge in [0.1, 0.15) is 0 Å². The third kappa shape index (κ3) is 1.68. The number of fused-ring (bicyclic) bond motifs is 2. The molecule has 0 bridgehead atoms. The van der Waals surface area contributed by atoms with Crippen LogP contribution >= 0.6 is 0 Å². The molecule has 1 aliphatic rings. The summed E-state index contributed by atoms with van der Waals surface area (Å²) in [4.78, 5) is 2.46. The van der Waals surface area contributed by atoms with Crippen molar-refractivity contribution < 1.29 is 0 Å². The first-order valence-electron chi connectivity index (χ1n) is 7.49. The lowest BCUT2D eigenvalue weighted by Gasteiger charge is -2.35. The molecule has 1 unspecified atom stereocenters. The fourth-order valence-electron chi connectivity index (χ4n) is 3.75. The summed E-state index contributed by atoms with van der Waals surface area (Å²) in [5.41, 5.74) is 4.21. The Morgan fingerprint density at radius 3 is 2.38 bits per heavy atom. The second-order valence-electron chi connectivity index (χ2n) is 6.11. The Bertz CT molecular complexity index is 815. The van der Waals surface area contributed by atoms with E-state index in [0.717, 1.165) is 6.54 Å². The Morgan fingerprint density at radius 2 is 1.48 bits per heavy atom. The number of benzene rings is 3. The highest BCUT2D eigenvalue weighted by Gasteiger charge is 2.40. The lowest BCUT2D eigenvalue weighted by molar-refractivity contribution is 0.202. The van der Waals surface area contributed by atoms with Gasteiger partial charge in [-0.25, -0.2) is 0 Å². The standard InChI is InChI=1S/C20H19N/c1-20(18-12-6-4-9-16(18)14-21(20)2)19-13-7-10-15-8-3-5-11-17(15)19/h3-13H,14H2,1-2H3. The maximum Gasteiger partial charge on any atom is 0.0696 e. The zero-order valence-electron chi connectivity index (χ0n) is 12.5. The van der Waals surface area contributed by atoms with E-state index in [-0.39, 0.29) is 5.54 Å². The first-order valence-corrected chi connectivity index (χ1v) is 7.49. The Balaban J connectivity index is 2.04. The van der Waals surface area contributed by atoms with E-state index in [1.807, 2.05) is 0 Å². The van der Waals surface area contributed by atoms with E-state index in [1.54, 1.807) is 0 Å². The molecule has 104 valence electrons. The SMILES string of the molecule is CN1Cc2ccccc2C1(C)c1cccc2ccccc12. The quantitative estimate of drug-likeness (QED) is 0.629. The molecule has 0 saturated heterocycles. The summed E-state index contributed by atoms with van der Waals surface area (Å²) >= 11 is 0. The predicted octanol–water partition coefficient (Wildman–Crippen LogP) is 4.55. The third-order valence-electron chi connectivity index (χ3n) is 5.03. The normalized spacial score (nSPS) is 21.6. The van der Waals surface area contributed by atoms with Crippen molar-refractivity contribution in [3.63, 3.8) is 0 Å². The number of hydrogen-bond donors (Lipinski definition) is 0. The molecule has 0 amide bonds. The van der Waals surface area contributed by atoms with Gasteiger partial charge in [0.15, 0.2) is 0 Å². The first kappa shape index (κ1) is 12.6. The van der Waals surface area contributed by atoms with Crippen molar-refractivity contribution in [2.24, 2.45) is 0 Å². The summed E-state index contributed by atoms with van der Waals surface area (Å²) in [6.07, 6.45) is 0. The molecule has 0 saturated carbocycles. The molecular formula is C20H19N. The van der Waals surface area contributed by atoms with Crippen molar-refractivity contribution in [1.29, 1.82) is 0 Å². The Kier molecular flexibility index (Phi) is 2.66. The zero-order chi connectivity index (χ0) is 14.4. The molecule has 3 aromatic rings. The van der Waals surface area contributed by atoms with Gasteiger partial charge < -0.3 is 0 Å². The van der Waals surface area contributed by atoms with Gasteiger partial charge in [0.2, 0.25) is 0 Å². The Morgan fingerprint density at radius 1 is 0.810 bits per heavy atom. The third-order valence-corrected chi connectivity index (χ3v) is 5.03. The van der Waals surface area contributed by atoms with E-state index >= 15 is 0 Å². The zero-order valence-corrected chi connectivity index (χ0v) is 12.5. The van der Waals surface area contributed by atoms with Gasteiger partial charge in [-0.05, 0) is 41.4 Å². The van der Waals surface area contributed by atoms with Crippen LogP contribution in [-0.2, 0) is 12.1 Å². The molecule has 1 nitrogen and oxygen atoms in total. The van der Waals surface area contributed by atoms with Gasteiger partial charge in [0.05, 0.1) is 5.54 Å². The van der Waals surface area contributed by atoms with Crippen molar-refractivity contribution in [3.8, 4) is 0 Å². The van der Waals surface area contributed by atoms with Crippen molar-refractivity contribution >= 4 is 10.8 Å². The van der Waals surface area contributed by atoms with Gasteiger partial charge in [0, 0.05) is 6.54 Å². The van der Waals surface area contributed by atoms with Crippen LogP contribution in [0.5, 0.6) is 0 Å². The van der Waals surface area contributed by atoms with Crippen molar-refractivity contribution in [1.82, 2.24) is 4.90 Å². The van der Waals surface area contributed by atoms with Gasteiger partial charge in [-0.1, -0.05) is 66.7 Å². The average molecular weight is 273 g/mol. The minimum atomic E-state index is -0.0581. The number of nitrogens with zero attached hydrogens (tertiary/aromatic N) is 1. The van der Waals surface area contributed by atoms with Crippen LogP contribution in [0.1, 0.15) is 23.6 Å². The van der Waals surface area contributed by atoms with E-state index < -0.39 is 0 Å². The Hall–Kier alpha value is -2.12. The van der Waals surface area contributed by atoms with Crippen LogP contribution in [0, 0.1) is 0 Å². The number of hydrogen-bond acceptors (Lipinski definition) is 1. The summed E-state index contributed by atoms with van der Waals surface area (Å²) in [6.45, 7) is 3.36. The monoisotopic (exact) mass is 273 g/mol. The van der Waals surface area contributed by atoms with Crippen molar-refractivity contribution in [2.45, 2.75) is 19.0 Å². The lowest BCUT2D eigenvalue weighted by atomic mass is 9.82. The summed E-state index contributed by atoms with van der Waals surface area (Å²) in [5, 5.41) is 2.67. The minimum absolute atomic E-state index is 0.0581. The maximum atomic E-state index is 2.46. The van der Waals surface area contributed by atoms with Gasteiger partial charge in [-0.15, -0.1) is 0 Å². The topological polar surface area (TPSA) is 3.24 Å². The largest absolute Gasteiger partial charge is 0.289 e. The minimum Gasteiger partial charge on any atom is -0.289 e. The fourth-order valence-corrected chi connectivity index (χ4v) is 3.75. The smallest absolute Gasteiger partial charge is 0.0696 e. The molecule has 1 aliphatic heterocycles. The van der Waals surface area contributed by atoms with Crippen LogP contribution in [0.25, 0.3) is 10.8 Å². The van der Waals surface area contributed by atoms with Crippen LogP contribution in [-0.4, -0.2) is 11.9 Å². The molecular weight excluding hydrogens is 254 g/mol. The average Bonchev–Trinajstić information content (AvgIpc) is 2.79. The fraction of sp³-hybridized carbons (Fsp3) is 0.200. The molecule has 0 aromatic heterocycles. The van der Waals surface area contributed by atoms with Crippen LogP contribution in [0.15, 0.2) is 66.7 Å². The molecule has 0 spiro atoms. The van der Waals surface area contributed by atoms with Crippen LogP contribution in [0.3, 0.4) is 0 Å². The van der Waals surface area contributed by atoms with E-state index in [2.05, 4.69) is 85.6 Å². The van der Waals surface area contributed by atoms with Gasteiger partial charge in [-0.3, -0.25) is 4.90 Å². The van der Waals surface area contributed by atoms with E-state index in [4.69, 9.17) is 0 Å². The molecule has 3 aromatic carbocycles. The highest BCUT2D eigenvalue weighted by atomic mass is 15.2. The van der Waals surface area contributed by atoms with Crippen molar-refractivity contribution in [3.05, 3.63) is 83.4 Å². The van der Waals surface area contributed by atoms with E-state index in [9.17, 15) is 0 Å². The first-order chi connectivity index (χ1) is 10.2. The van der Waals surface area contributed by atoms with Crippen LogP contribution in [0.4, 0.5) is 0 Å². The lowest BCUT2D eigenvalue weighted by Crippen LogP contribution is -2.36. The summed E-state index contributed by atoms with van der Waals surface area (Å²) < 4.78 is 0. The number of rotatable bonds is 1. The molecule has 0 fully saturated rings. The summed E-state index contributed by atoms with van der Waals surface area (Å²) in [7, 11) is 2.22.